The van der Waals surface area contributed by atoms with Gasteiger partial charge in [0.2, 0.25) is 0 Å². The summed E-state index contributed by atoms with van der Waals surface area (Å²) in [5.41, 5.74) is -3.58. The number of methoxy groups -OCH3 is 1. The molecule has 1 heterocycles. The monoisotopic (exact) mass is 222 g/mol. The van der Waals surface area contributed by atoms with E-state index in [2.05, 4.69) is 0 Å². The van der Waals surface area contributed by atoms with Crippen LogP contribution in [0.2, 0.25) is 0 Å². The van der Waals surface area contributed by atoms with Gasteiger partial charge in [-0.25, -0.2) is 0 Å². The second-order valence-electron chi connectivity index (χ2n) is 4.16. The molecule has 15 heavy (non-hydrogen) atoms. The van der Waals surface area contributed by atoms with Crippen LogP contribution in [-0.2, 0) is 9.47 Å². The summed E-state index contributed by atoms with van der Waals surface area (Å²) in [6.45, 7) is 2.11. The lowest BCUT2D eigenvalue weighted by Gasteiger charge is -2.51. The molecule has 1 fully saturated rings. The molecule has 6 heteroatoms. The van der Waals surface area contributed by atoms with Gasteiger partial charge in [-0.05, 0) is 13.8 Å². The second kappa shape index (κ2) is 3.97. The summed E-state index contributed by atoms with van der Waals surface area (Å²) in [6.07, 6.45) is -3.47. The van der Waals surface area contributed by atoms with Crippen LogP contribution in [-0.4, -0.2) is 63.8 Å². The molecule has 0 bridgehead atoms. The maximum absolute atomic E-state index is 10.0. The van der Waals surface area contributed by atoms with Crippen molar-refractivity contribution in [2.24, 2.45) is 0 Å². The lowest BCUT2D eigenvalue weighted by Crippen LogP contribution is -2.72. The van der Waals surface area contributed by atoms with Crippen molar-refractivity contribution in [2.75, 3.05) is 13.7 Å². The minimum Gasteiger partial charge on any atom is -0.394 e. The second-order valence-corrected chi connectivity index (χ2v) is 4.16. The molecule has 1 saturated heterocycles. The average Bonchev–Trinajstić information content (AvgIpc) is 2.16. The molecule has 0 radical (unpaired) electrons. The van der Waals surface area contributed by atoms with E-state index in [4.69, 9.17) is 14.6 Å². The third kappa shape index (κ3) is 1.77. The van der Waals surface area contributed by atoms with Gasteiger partial charge < -0.3 is 29.9 Å². The predicted octanol–water partition coefficient (Wildman–Crippen LogP) is -1.79. The van der Waals surface area contributed by atoms with Gasteiger partial charge in [-0.1, -0.05) is 0 Å². The lowest BCUT2D eigenvalue weighted by molar-refractivity contribution is -0.360. The number of aliphatic hydroxyl groups excluding tert-OH is 2. The van der Waals surface area contributed by atoms with Crippen molar-refractivity contribution < 1.29 is 29.9 Å². The van der Waals surface area contributed by atoms with Crippen LogP contribution in [0.15, 0.2) is 0 Å². The van der Waals surface area contributed by atoms with Gasteiger partial charge >= 0.3 is 0 Å². The van der Waals surface area contributed by atoms with E-state index in [1.54, 1.807) is 0 Å². The highest BCUT2D eigenvalue weighted by Gasteiger charge is 2.59. The Balaban J connectivity index is 3.01. The zero-order valence-electron chi connectivity index (χ0n) is 9.04. The number of hydrogen-bond acceptors (Lipinski definition) is 6. The van der Waals surface area contributed by atoms with Gasteiger partial charge in [0.25, 0.3) is 0 Å². The van der Waals surface area contributed by atoms with Crippen molar-refractivity contribution in [1.29, 1.82) is 0 Å². The summed E-state index contributed by atoms with van der Waals surface area (Å²) >= 11 is 0. The van der Waals surface area contributed by atoms with E-state index in [1.165, 1.54) is 21.0 Å². The molecular weight excluding hydrogens is 204 g/mol. The number of aliphatic hydroxyl groups is 4. The highest BCUT2D eigenvalue weighted by molar-refractivity contribution is 5.06. The van der Waals surface area contributed by atoms with E-state index in [0.29, 0.717) is 0 Å². The predicted molar refractivity (Wildman–Crippen MR) is 50.0 cm³/mol. The molecule has 0 aliphatic carbocycles. The fourth-order valence-corrected chi connectivity index (χ4v) is 1.69. The number of hydrogen-bond donors (Lipinski definition) is 4. The van der Waals surface area contributed by atoms with Gasteiger partial charge in [-0.3, -0.25) is 0 Å². The molecule has 0 aromatic heterocycles. The largest absolute Gasteiger partial charge is 0.394 e. The molecule has 1 aliphatic heterocycles. The molecule has 90 valence electrons. The van der Waals surface area contributed by atoms with Crippen LogP contribution in [0.1, 0.15) is 13.8 Å². The summed E-state index contributed by atoms with van der Waals surface area (Å²) in [4.78, 5) is 0. The summed E-state index contributed by atoms with van der Waals surface area (Å²) in [7, 11) is 1.31. The third-order valence-electron chi connectivity index (χ3n) is 3.10. The minimum absolute atomic E-state index is 0.465. The molecule has 1 rings (SSSR count). The van der Waals surface area contributed by atoms with E-state index in [0.717, 1.165) is 0 Å². The summed E-state index contributed by atoms with van der Waals surface area (Å²) in [5, 5.41) is 38.6. The molecule has 1 aliphatic rings. The van der Waals surface area contributed by atoms with Crippen LogP contribution in [0.25, 0.3) is 0 Å². The van der Waals surface area contributed by atoms with Crippen molar-refractivity contribution in [3.8, 4) is 0 Å². The number of rotatable bonds is 2. The third-order valence-corrected chi connectivity index (χ3v) is 3.10. The standard InChI is InChI=1S/C9H18O6/c1-8(12)6(11)5(4-10)15-7(14-3)9(8,2)13/h5-7,10-13H,4H2,1-3H3/t5-,6-,7-,8+,9+/m1/s1. The van der Waals surface area contributed by atoms with Crippen molar-refractivity contribution in [1.82, 2.24) is 0 Å². The smallest absolute Gasteiger partial charge is 0.189 e. The van der Waals surface area contributed by atoms with Crippen molar-refractivity contribution >= 4 is 0 Å². The Morgan fingerprint density at radius 2 is 1.80 bits per heavy atom. The number of ether oxygens (including phenoxy) is 2. The minimum atomic E-state index is -1.82. The van der Waals surface area contributed by atoms with E-state index in [9.17, 15) is 15.3 Å². The zero-order chi connectivity index (χ0) is 11.9. The van der Waals surface area contributed by atoms with Gasteiger partial charge in [0.1, 0.15) is 23.4 Å². The van der Waals surface area contributed by atoms with Gasteiger partial charge in [-0.15, -0.1) is 0 Å². The Morgan fingerprint density at radius 3 is 2.20 bits per heavy atom. The highest BCUT2D eigenvalue weighted by Crippen LogP contribution is 2.37. The molecule has 0 spiro atoms. The van der Waals surface area contributed by atoms with E-state index >= 15 is 0 Å². The molecule has 0 amide bonds. The Hall–Kier alpha value is -0.240. The van der Waals surface area contributed by atoms with Gasteiger partial charge in [0.15, 0.2) is 6.29 Å². The fourth-order valence-electron chi connectivity index (χ4n) is 1.69. The molecule has 4 N–H and O–H groups in total. The molecule has 0 unspecified atom stereocenters. The Labute approximate surface area is 88.1 Å². The Morgan fingerprint density at radius 1 is 1.27 bits per heavy atom. The van der Waals surface area contributed by atoms with E-state index in [1.807, 2.05) is 0 Å². The van der Waals surface area contributed by atoms with Crippen LogP contribution in [0.5, 0.6) is 0 Å². The zero-order valence-corrected chi connectivity index (χ0v) is 9.04. The highest BCUT2D eigenvalue weighted by atomic mass is 16.7. The van der Waals surface area contributed by atoms with Crippen LogP contribution in [0.3, 0.4) is 0 Å². The van der Waals surface area contributed by atoms with Crippen LogP contribution in [0, 0.1) is 0 Å². The topological polar surface area (TPSA) is 99.4 Å². The molecule has 5 atom stereocenters. The fraction of sp³-hybridized carbons (Fsp3) is 1.00. The van der Waals surface area contributed by atoms with Gasteiger partial charge in [-0.2, -0.15) is 0 Å². The normalized spacial score (nSPS) is 51.8. The molecule has 6 nitrogen and oxygen atoms in total. The van der Waals surface area contributed by atoms with Crippen LogP contribution in [0.4, 0.5) is 0 Å². The first kappa shape index (κ1) is 12.8. The average molecular weight is 222 g/mol. The SMILES string of the molecule is CO[C@@H]1O[C@H](CO)[C@@H](O)[C@](C)(O)[C@@]1(C)O. The summed E-state index contributed by atoms with van der Waals surface area (Å²) in [5.74, 6) is 0. The first-order chi connectivity index (χ1) is 6.79. The summed E-state index contributed by atoms with van der Waals surface area (Å²) in [6, 6.07) is 0. The van der Waals surface area contributed by atoms with Gasteiger partial charge in [0, 0.05) is 7.11 Å². The first-order valence-corrected chi connectivity index (χ1v) is 4.71. The van der Waals surface area contributed by atoms with Crippen molar-refractivity contribution in [2.45, 2.75) is 43.5 Å². The lowest BCUT2D eigenvalue weighted by atomic mass is 9.76. The van der Waals surface area contributed by atoms with Crippen LogP contribution >= 0.6 is 0 Å². The maximum Gasteiger partial charge on any atom is 0.189 e. The Bertz CT molecular complexity index is 227. The van der Waals surface area contributed by atoms with Crippen molar-refractivity contribution in [3.63, 3.8) is 0 Å². The molecule has 0 saturated carbocycles. The maximum atomic E-state index is 10.0. The van der Waals surface area contributed by atoms with Crippen LogP contribution < -0.4 is 0 Å². The molecule has 0 aromatic rings. The molecular formula is C9H18O6. The van der Waals surface area contributed by atoms with Gasteiger partial charge in [0.05, 0.1) is 6.61 Å². The molecule has 0 aromatic carbocycles. The first-order valence-electron chi connectivity index (χ1n) is 4.71. The Kier molecular flexibility index (Phi) is 3.39. The summed E-state index contributed by atoms with van der Waals surface area (Å²) < 4.78 is 9.98. The van der Waals surface area contributed by atoms with E-state index < -0.39 is 36.3 Å². The van der Waals surface area contributed by atoms with Crippen molar-refractivity contribution in [3.05, 3.63) is 0 Å². The van der Waals surface area contributed by atoms with E-state index in [-0.39, 0.29) is 0 Å². The quantitative estimate of drug-likeness (QED) is 0.440.